The van der Waals surface area contributed by atoms with Crippen LogP contribution in [0.5, 0.6) is 0 Å². The van der Waals surface area contributed by atoms with E-state index in [9.17, 15) is 0 Å². The molecular formula is C15H18N6. The SMILES string of the molecule is Cn1ccnc1CCC(NN)c1ccc2nccnc2c1. The topological polar surface area (TPSA) is 81.7 Å². The monoisotopic (exact) mass is 282 g/mol. The first-order valence-electron chi connectivity index (χ1n) is 6.91. The summed E-state index contributed by atoms with van der Waals surface area (Å²) in [6.07, 6.45) is 8.88. The van der Waals surface area contributed by atoms with Gasteiger partial charge >= 0.3 is 0 Å². The number of benzene rings is 1. The van der Waals surface area contributed by atoms with Crippen LogP contribution in [0.4, 0.5) is 0 Å². The minimum Gasteiger partial charge on any atom is -0.338 e. The van der Waals surface area contributed by atoms with Crippen LogP contribution in [0.3, 0.4) is 0 Å². The van der Waals surface area contributed by atoms with Gasteiger partial charge in [-0.2, -0.15) is 0 Å². The fourth-order valence-corrected chi connectivity index (χ4v) is 2.45. The maximum Gasteiger partial charge on any atom is 0.108 e. The lowest BCUT2D eigenvalue weighted by Crippen LogP contribution is -2.28. The van der Waals surface area contributed by atoms with E-state index in [-0.39, 0.29) is 6.04 Å². The number of aromatic nitrogens is 4. The van der Waals surface area contributed by atoms with Crippen LogP contribution in [0, 0.1) is 0 Å². The largest absolute Gasteiger partial charge is 0.338 e. The molecule has 0 bridgehead atoms. The molecule has 1 atom stereocenters. The third-order valence-electron chi connectivity index (χ3n) is 3.67. The number of hydrazine groups is 1. The van der Waals surface area contributed by atoms with Crippen LogP contribution in [-0.4, -0.2) is 19.5 Å². The fraction of sp³-hybridized carbons (Fsp3) is 0.267. The summed E-state index contributed by atoms with van der Waals surface area (Å²) in [7, 11) is 2.00. The summed E-state index contributed by atoms with van der Waals surface area (Å²) >= 11 is 0. The van der Waals surface area contributed by atoms with E-state index >= 15 is 0 Å². The molecule has 6 heteroatoms. The average Bonchev–Trinajstić information content (AvgIpc) is 2.93. The summed E-state index contributed by atoms with van der Waals surface area (Å²) in [5.41, 5.74) is 5.76. The zero-order valence-corrected chi connectivity index (χ0v) is 11.9. The second kappa shape index (κ2) is 5.99. The van der Waals surface area contributed by atoms with E-state index in [1.54, 1.807) is 12.4 Å². The Hall–Kier alpha value is -2.31. The Bertz CT molecular complexity index is 736. The summed E-state index contributed by atoms with van der Waals surface area (Å²) in [4.78, 5) is 13.0. The number of imidazole rings is 1. The van der Waals surface area contributed by atoms with E-state index in [2.05, 4.69) is 20.4 Å². The van der Waals surface area contributed by atoms with E-state index in [0.717, 1.165) is 35.3 Å². The first-order valence-corrected chi connectivity index (χ1v) is 6.91. The third-order valence-corrected chi connectivity index (χ3v) is 3.67. The van der Waals surface area contributed by atoms with Gasteiger partial charge in [0.15, 0.2) is 0 Å². The van der Waals surface area contributed by atoms with Gasteiger partial charge in [0.1, 0.15) is 5.82 Å². The molecule has 0 fully saturated rings. The van der Waals surface area contributed by atoms with Crippen molar-refractivity contribution in [1.82, 2.24) is 24.9 Å². The van der Waals surface area contributed by atoms with Gasteiger partial charge in [0.25, 0.3) is 0 Å². The molecule has 0 radical (unpaired) electrons. The first kappa shape index (κ1) is 13.7. The molecule has 3 aromatic rings. The quantitative estimate of drug-likeness (QED) is 0.547. The molecule has 21 heavy (non-hydrogen) atoms. The number of rotatable bonds is 5. The molecule has 0 spiro atoms. The van der Waals surface area contributed by atoms with Crippen LogP contribution in [0.25, 0.3) is 11.0 Å². The predicted molar refractivity (Wildman–Crippen MR) is 81.1 cm³/mol. The van der Waals surface area contributed by atoms with Crippen LogP contribution in [-0.2, 0) is 13.5 Å². The van der Waals surface area contributed by atoms with E-state index in [1.807, 2.05) is 42.2 Å². The molecule has 2 heterocycles. The van der Waals surface area contributed by atoms with Gasteiger partial charge in [0, 0.05) is 44.3 Å². The van der Waals surface area contributed by atoms with Crippen LogP contribution in [0.1, 0.15) is 23.9 Å². The van der Waals surface area contributed by atoms with Crippen LogP contribution in [0.2, 0.25) is 0 Å². The van der Waals surface area contributed by atoms with Gasteiger partial charge in [0.05, 0.1) is 11.0 Å². The molecule has 1 unspecified atom stereocenters. The summed E-state index contributed by atoms with van der Waals surface area (Å²) < 4.78 is 2.03. The van der Waals surface area contributed by atoms with Crippen molar-refractivity contribution in [3.05, 3.63) is 54.4 Å². The summed E-state index contributed by atoms with van der Waals surface area (Å²) in [5, 5.41) is 0. The second-order valence-electron chi connectivity index (χ2n) is 5.02. The fourth-order valence-electron chi connectivity index (χ4n) is 2.45. The Morgan fingerprint density at radius 2 is 1.95 bits per heavy atom. The Balaban J connectivity index is 1.79. The molecule has 0 aliphatic carbocycles. The lowest BCUT2D eigenvalue weighted by Gasteiger charge is -2.16. The van der Waals surface area contributed by atoms with Gasteiger partial charge in [-0.3, -0.25) is 21.2 Å². The highest BCUT2D eigenvalue weighted by Gasteiger charge is 2.12. The van der Waals surface area contributed by atoms with Gasteiger partial charge in [-0.15, -0.1) is 0 Å². The molecule has 3 rings (SSSR count). The minimum absolute atomic E-state index is 0.0631. The molecule has 0 aliphatic heterocycles. The second-order valence-corrected chi connectivity index (χ2v) is 5.02. The van der Waals surface area contributed by atoms with Crippen LogP contribution in [0.15, 0.2) is 43.0 Å². The van der Waals surface area contributed by atoms with Gasteiger partial charge in [-0.25, -0.2) is 4.98 Å². The van der Waals surface area contributed by atoms with Crippen molar-refractivity contribution in [2.24, 2.45) is 12.9 Å². The van der Waals surface area contributed by atoms with Crippen molar-refractivity contribution in [3.63, 3.8) is 0 Å². The smallest absolute Gasteiger partial charge is 0.108 e. The predicted octanol–water partition coefficient (Wildman–Crippen LogP) is 1.50. The zero-order chi connectivity index (χ0) is 14.7. The average molecular weight is 282 g/mol. The Labute approximate surface area is 123 Å². The van der Waals surface area contributed by atoms with Crippen molar-refractivity contribution in [3.8, 4) is 0 Å². The molecule has 0 aliphatic rings. The Morgan fingerprint density at radius 1 is 1.14 bits per heavy atom. The third kappa shape index (κ3) is 2.91. The van der Waals surface area contributed by atoms with Gasteiger partial charge in [-0.1, -0.05) is 6.07 Å². The highest BCUT2D eigenvalue weighted by Crippen LogP contribution is 2.21. The standard InChI is InChI=1S/C15H18N6/c1-21-9-8-19-15(21)5-4-12(20-16)11-2-3-13-14(10-11)18-7-6-17-13/h2-3,6-10,12,20H,4-5,16H2,1H3. The van der Waals surface area contributed by atoms with Crippen molar-refractivity contribution in [1.29, 1.82) is 0 Å². The van der Waals surface area contributed by atoms with Gasteiger partial charge < -0.3 is 4.57 Å². The van der Waals surface area contributed by atoms with Crippen LogP contribution >= 0.6 is 0 Å². The lowest BCUT2D eigenvalue weighted by atomic mass is 10.0. The molecular weight excluding hydrogens is 264 g/mol. The van der Waals surface area contributed by atoms with E-state index in [0.29, 0.717) is 0 Å². The summed E-state index contributed by atoms with van der Waals surface area (Å²) in [6, 6.07) is 6.11. The molecule has 0 amide bonds. The molecule has 2 aromatic heterocycles. The first-order chi connectivity index (χ1) is 10.3. The maximum absolute atomic E-state index is 5.71. The minimum atomic E-state index is 0.0631. The molecule has 3 N–H and O–H groups in total. The molecule has 6 nitrogen and oxygen atoms in total. The van der Waals surface area contributed by atoms with E-state index < -0.39 is 0 Å². The van der Waals surface area contributed by atoms with Crippen molar-refractivity contribution in [2.75, 3.05) is 0 Å². The number of nitrogens with one attached hydrogen (secondary N) is 1. The number of hydrogen-bond donors (Lipinski definition) is 2. The Kier molecular flexibility index (Phi) is 3.89. The highest BCUT2D eigenvalue weighted by atomic mass is 15.2. The number of hydrogen-bond acceptors (Lipinski definition) is 5. The maximum atomic E-state index is 5.71. The van der Waals surface area contributed by atoms with Crippen molar-refractivity contribution in [2.45, 2.75) is 18.9 Å². The lowest BCUT2D eigenvalue weighted by molar-refractivity contribution is 0.507. The summed E-state index contributed by atoms with van der Waals surface area (Å²) in [6.45, 7) is 0. The highest BCUT2D eigenvalue weighted by molar-refractivity contribution is 5.74. The number of aryl methyl sites for hydroxylation is 2. The molecule has 0 saturated carbocycles. The zero-order valence-electron chi connectivity index (χ0n) is 11.9. The Morgan fingerprint density at radius 3 is 2.67 bits per heavy atom. The van der Waals surface area contributed by atoms with Gasteiger partial charge in [-0.05, 0) is 24.1 Å². The molecule has 108 valence electrons. The van der Waals surface area contributed by atoms with E-state index in [1.165, 1.54) is 0 Å². The van der Waals surface area contributed by atoms with E-state index in [4.69, 9.17) is 5.84 Å². The summed E-state index contributed by atoms with van der Waals surface area (Å²) in [5.74, 6) is 6.76. The van der Waals surface area contributed by atoms with Gasteiger partial charge in [0.2, 0.25) is 0 Å². The number of fused-ring (bicyclic) bond motifs is 1. The van der Waals surface area contributed by atoms with Crippen LogP contribution < -0.4 is 11.3 Å². The molecule has 1 aromatic carbocycles. The number of nitrogens with two attached hydrogens (primary N) is 1. The normalized spacial score (nSPS) is 12.7. The number of nitrogens with zero attached hydrogens (tertiary/aromatic N) is 4. The van der Waals surface area contributed by atoms with Crippen molar-refractivity contribution < 1.29 is 0 Å². The van der Waals surface area contributed by atoms with Crippen molar-refractivity contribution >= 4 is 11.0 Å². The molecule has 0 saturated heterocycles.